The average molecular weight is 275 g/mol. The van der Waals surface area contributed by atoms with Gasteiger partial charge >= 0.3 is 0 Å². The van der Waals surface area contributed by atoms with Crippen molar-refractivity contribution in [1.82, 2.24) is 25.5 Å². The lowest BCUT2D eigenvalue weighted by molar-refractivity contribution is 0.0703. The Morgan fingerprint density at radius 3 is 2.65 bits per heavy atom. The highest BCUT2D eigenvalue weighted by Gasteiger charge is 2.13. The Morgan fingerprint density at radius 1 is 1.40 bits per heavy atom. The summed E-state index contributed by atoms with van der Waals surface area (Å²) in [4.78, 5) is 13.6. The largest absolute Gasteiger partial charge is 0.392 e. The fourth-order valence-corrected chi connectivity index (χ4v) is 1.90. The number of benzene rings is 1. The third-order valence-electron chi connectivity index (χ3n) is 2.84. The minimum absolute atomic E-state index is 0.114. The summed E-state index contributed by atoms with van der Waals surface area (Å²) in [6.07, 6.45) is 0.0237. The van der Waals surface area contributed by atoms with E-state index in [4.69, 9.17) is 0 Å². The molecule has 0 spiro atoms. The predicted octanol–water partition coefficient (Wildman–Crippen LogP) is 0.243. The Labute approximate surface area is 116 Å². The van der Waals surface area contributed by atoms with Crippen molar-refractivity contribution in [2.24, 2.45) is 0 Å². The number of likely N-dealkylation sites (N-methyl/N-ethyl adjacent to an activating group) is 1. The molecule has 0 bridgehead atoms. The molecule has 1 amide bonds. The van der Waals surface area contributed by atoms with Gasteiger partial charge in [-0.1, -0.05) is 17.3 Å². The van der Waals surface area contributed by atoms with Crippen LogP contribution in [0.25, 0.3) is 0 Å². The van der Waals surface area contributed by atoms with Gasteiger partial charge in [-0.3, -0.25) is 4.79 Å². The van der Waals surface area contributed by atoms with E-state index in [1.54, 1.807) is 26.1 Å². The number of amides is 1. The first kappa shape index (κ1) is 14.1. The molecular weight excluding hydrogens is 258 g/mol. The van der Waals surface area contributed by atoms with E-state index < -0.39 is 6.10 Å². The molecule has 0 aliphatic carbocycles. The molecule has 2 N–H and O–H groups in total. The quantitative estimate of drug-likeness (QED) is 0.815. The maximum atomic E-state index is 12.1. The molecule has 0 fully saturated rings. The second-order valence-corrected chi connectivity index (χ2v) is 4.74. The average Bonchev–Trinajstić information content (AvgIpc) is 2.91. The van der Waals surface area contributed by atoms with Crippen LogP contribution in [0.4, 0.5) is 0 Å². The van der Waals surface area contributed by atoms with Crippen LogP contribution in [-0.2, 0) is 6.42 Å². The molecule has 1 aromatic heterocycles. The monoisotopic (exact) mass is 275 g/mol. The first-order chi connectivity index (χ1) is 9.56. The van der Waals surface area contributed by atoms with Crippen molar-refractivity contribution in [2.45, 2.75) is 19.4 Å². The van der Waals surface area contributed by atoms with Crippen LogP contribution < -0.4 is 0 Å². The molecule has 0 radical (unpaired) electrons. The van der Waals surface area contributed by atoms with E-state index in [9.17, 15) is 9.90 Å². The SMILES string of the molecule is CC(O)CN(C)C(=O)c1ccc(Cc2nn[nH]n2)cc1. The molecule has 7 heteroatoms. The van der Waals surface area contributed by atoms with Gasteiger partial charge in [0.15, 0.2) is 5.82 Å². The smallest absolute Gasteiger partial charge is 0.253 e. The Balaban J connectivity index is 2.02. The van der Waals surface area contributed by atoms with Gasteiger partial charge in [0.05, 0.1) is 6.10 Å². The highest BCUT2D eigenvalue weighted by atomic mass is 16.3. The summed E-state index contributed by atoms with van der Waals surface area (Å²) in [7, 11) is 1.67. The van der Waals surface area contributed by atoms with Crippen molar-refractivity contribution in [2.75, 3.05) is 13.6 Å². The van der Waals surface area contributed by atoms with E-state index in [1.165, 1.54) is 4.90 Å². The number of tetrazole rings is 1. The van der Waals surface area contributed by atoms with Crippen LogP contribution in [0.1, 0.15) is 28.7 Å². The van der Waals surface area contributed by atoms with Gasteiger partial charge < -0.3 is 10.0 Å². The van der Waals surface area contributed by atoms with E-state index in [0.29, 0.717) is 24.4 Å². The Morgan fingerprint density at radius 2 is 2.10 bits per heavy atom. The minimum atomic E-state index is -0.540. The Kier molecular flexibility index (Phi) is 4.41. The number of aliphatic hydroxyl groups is 1. The van der Waals surface area contributed by atoms with Gasteiger partial charge in [0, 0.05) is 25.6 Å². The number of nitrogens with zero attached hydrogens (tertiary/aromatic N) is 4. The fraction of sp³-hybridized carbons (Fsp3) is 0.385. The van der Waals surface area contributed by atoms with Gasteiger partial charge in [-0.25, -0.2) is 0 Å². The fourth-order valence-electron chi connectivity index (χ4n) is 1.90. The normalized spacial score (nSPS) is 12.2. The van der Waals surface area contributed by atoms with Gasteiger partial charge in [0.2, 0.25) is 0 Å². The third-order valence-corrected chi connectivity index (χ3v) is 2.84. The maximum absolute atomic E-state index is 12.1. The summed E-state index contributed by atoms with van der Waals surface area (Å²) in [5, 5.41) is 22.9. The van der Waals surface area contributed by atoms with Crippen molar-refractivity contribution < 1.29 is 9.90 Å². The summed E-state index contributed by atoms with van der Waals surface area (Å²) in [6, 6.07) is 7.24. The van der Waals surface area contributed by atoms with E-state index in [1.807, 2.05) is 12.1 Å². The minimum Gasteiger partial charge on any atom is -0.392 e. The lowest BCUT2D eigenvalue weighted by Crippen LogP contribution is -2.33. The topological polar surface area (TPSA) is 95.0 Å². The number of rotatable bonds is 5. The summed E-state index contributed by atoms with van der Waals surface area (Å²) in [5.74, 6) is 0.493. The molecule has 1 aromatic carbocycles. The number of aliphatic hydroxyl groups excluding tert-OH is 1. The standard InChI is InChI=1S/C13H17N5O2/c1-9(19)8-18(2)13(20)11-5-3-10(4-6-11)7-12-14-16-17-15-12/h3-6,9,19H,7-8H2,1-2H3,(H,14,15,16,17). The number of aromatic nitrogens is 4. The number of aromatic amines is 1. The van der Waals surface area contributed by atoms with Crippen molar-refractivity contribution in [1.29, 1.82) is 0 Å². The number of hydrogen-bond acceptors (Lipinski definition) is 5. The number of nitrogens with one attached hydrogen (secondary N) is 1. The van der Waals surface area contributed by atoms with Crippen molar-refractivity contribution >= 4 is 5.91 Å². The van der Waals surface area contributed by atoms with Crippen LogP contribution in [0.3, 0.4) is 0 Å². The summed E-state index contributed by atoms with van der Waals surface area (Å²) >= 11 is 0. The Bertz CT molecular complexity index is 551. The molecule has 1 unspecified atom stereocenters. The third kappa shape index (κ3) is 3.61. The lowest BCUT2D eigenvalue weighted by Gasteiger charge is -2.18. The second kappa shape index (κ2) is 6.25. The van der Waals surface area contributed by atoms with Crippen LogP contribution in [0, 0.1) is 0 Å². The molecule has 1 atom stereocenters. The van der Waals surface area contributed by atoms with Crippen LogP contribution in [0.2, 0.25) is 0 Å². The molecule has 0 aliphatic rings. The van der Waals surface area contributed by atoms with Crippen LogP contribution in [-0.4, -0.2) is 56.2 Å². The first-order valence-electron chi connectivity index (χ1n) is 6.31. The number of H-pyrrole nitrogens is 1. The first-order valence-corrected chi connectivity index (χ1v) is 6.31. The van der Waals surface area contributed by atoms with Gasteiger partial charge in [0.1, 0.15) is 0 Å². The van der Waals surface area contributed by atoms with Crippen molar-refractivity contribution in [3.8, 4) is 0 Å². The summed E-state index contributed by atoms with van der Waals surface area (Å²) < 4.78 is 0. The number of carbonyl (C=O) groups is 1. The van der Waals surface area contributed by atoms with E-state index >= 15 is 0 Å². The van der Waals surface area contributed by atoms with E-state index in [0.717, 1.165) is 5.56 Å². The predicted molar refractivity (Wildman–Crippen MR) is 72.1 cm³/mol. The second-order valence-electron chi connectivity index (χ2n) is 4.74. The molecule has 7 nitrogen and oxygen atoms in total. The molecule has 2 aromatic rings. The highest BCUT2D eigenvalue weighted by molar-refractivity contribution is 5.94. The Hall–Kier alpha value is -2.28. The van der Waals surface area contributed by atoms with E-state index in [-0.39, 0.29) is 5.91 Å². The molecule has 0 aliphatic heterocycles. The number of hydrogen-bond donors (Lipinski definition) is 2. The zero-order valence-corrected chi connectivity index (χ0v) is 11.4. The van der Waals surface area contributed by atoms with E-state index in [2.05, 4.69) is 20.6 Å². The molecule has 20 heavy (non-hydrogen) atoms. The highest BCUT2D eigenvalue weighted by Crippen LogP contribution is 2.09. The van der Waals surface area contributed by atoms with Gasteiger partial charge in [-0.2, -0.15) is 5.21 Å². The van der Waals surface area contributed by atoms with Crippen molar-refractivity contribution in [3.63, 3.8) is 0 Å². The molecule has 106 valence electrons. The van der Waals surface area contributed by atoms with Crippen LogP contribution in [0.15, 0.2) is 24.3 Å². The van der Waals surface area contributed by atoms with Gasteiger partial charge in [0.25, 0.3) is 5.91 Å². The molecular formula is C13H17N5O2. The van der Waals surface area contributed by atoms with Gasteiger partial charge in [-0.05, 0) is 24.6 Å². The molecule has 0 saturated heterocycles. The van der Waals surface area contributed by atoms with Gasteiger partial charge in [-0.15, -0.1) is 10.2 Å². The molecule has 1 heterocycles. The summed E-state index contributed by atoms with van der Waals surface area (Å²) in [6.45, 7) is 1.96. The molecule has 0 saturated carbocycles. The number of carbonyl (C=O) groups excluding carboxylic acids is 1. The molecule has 2 rings (SSSR count). The zero-order chi connectivity index (χ0) is 14.5. The summed E-state index contributed by atoms with van der Waals surface area (Å²) in [5.41, 5.74) is 1.59. The van der Waals surface area contributed by atoms with Crippen LogP contribution >= 0.6 is 0 Å². The lowest BCUT2D eigenvalue weighted by atomic mass is 10.1. The maximum Gasteiger partial charge on any atom is 0.253 e. The van der Waals surface area contributed by atoms with Crippen molar-refractivity contribution in [3.05, 3.63) is 41.2 Å². The van der Waals surface area contributed by atoms with Crippen LogP contribution in [0.5, 0.6) is 0 Å². The zero-order valence-electron chi connectivity index (χ0n) is 11.4.